The van der Waals surface area contributed by atoms with Gasteiger partial charge in [0, 0.05) is 30.6 Å². The molecule has 0 aliphatic carbocycles. The first-order valence-corrected chi connectivity index (χ1v) is 15.1. The zero-order chi connectivity index (χ0) is 35.0. The molecule has 0 spiro atoms. The van der Waals surface area contributed by atoms with Crippen molar-refractivity contribution in [1.82, 2.24) is 25.3 Å². The number of ether oxygens (including phenoxy) is 4. The Morgan fingerprint density at radius 2 is 1.65 bits per heavy atom. The van der Waals surface area contributed by atoms with Crippen molar-refractivity contribution in [2.75, 3.05) is 41.0 Å². The maximum absolute atomic E-state index is 14.2. The highest BCUT2D eigenvalue weighted by molar-refractivity contribution is 5.99. The minimum atomic E-state index is -1.28. The Morgan fingerprint density at radius 3 is 2.23 bits per heavy atom. The van der Waals surface area contributed by atoms with Crippen molar-refractivity contribution < 1.29 is 47.4 Å². The molecule has 1 aliphatic rings. The van der Waals surface area contributed by atoms with E-state index in [9.17, 15) is 24.0 Å². The smallest absolute Gasteiger partial charge is 0.417 e. The summed E-state index contributed by atoms with van der Waals surface area (Å²) in [5.74, 6) is -2.24. The molecule has 4 rings (SSSR count). The number of carbonyl (C=O) groups is 5. The van der Waals surface area contributed by atoms with Crippen LogP contribution in [0.25, 0.3) is 11.4 Å². The van der Waals surface area contributed by atoms with E-state index in [1.807, 2.05) is 0 Å². The van der Waals surface area contributed by atoms with Crippen LogP contribution in [-0.4, -0.2) is 108 Å². The first-order chi connectivity index (χ1) is 22.8. The number of benzene rings is 2. The average molecular weight is 666 g/mol. The second-order valence-electron chi connectivity index (χ2n) is 11.9. The highest BCUT2D eigenvalue weighted by atomic mass is 16.6. The van der Waals surface area contributed by atoms with E-state index in [0.29, 0.717) is 16.9 Å². The number of rotatable bonds is 12. The molecule has 3 aromatic rings. The zero-order valence-corrected chi connectivity index (χ0v) is 27.7. The summed E-state index contributed by atoms with van der Waals surface area (Å²) in [4.78, 5) is 73.0. The fraction of sp³-hybridized carbons (Fsp3) is 0.424. The third-order valence-corrected chi connectivity index (χ3v) is 7.38. The van der Waals surface area contributed by atoms with Gasteiger partial charge < -0.3 is 34.1 Å². The fourth-order valence-electron chi connectivity index (χ4n) is 5.05. The third kappa shape index (κ3) is 9.08. The molecule has 48 heavy (non-hydrogen) atoms. The summed E-state index contributed by atoms with van der Waals surface area (Å²) in [6, 6.07) is 10.9. The van der Waals surface area contributed by atoms with Crippen LogP contribution in [0.15, 0.2) is 53.1 Å². The van der Waals surface area contributed by atoms with Gasteiger partial charge in [0.1, 0.15) is 30.0 Å². The number of hydrogen-bond acceptors (Lipinski definition) is 12. The summed E-state index contributed by atoms with van der Waals surface area (Å²) in [6.07, 6.45) is -0.398. The molecule has 0 saturated carbocycles. The molecule has 2 aromatic carbocycles. The molecule has 2 heterocycles. The molecule has 0 bridgehead atoms. The number of nitrogens with zero attached hydrogens (tertiary/aromatic N) is 4. The van der Waals surface area contributed by atoms with E-state index in [0.717, 1.165) is 0 Å². The quantitative estimate of drug-likeness (QED) is 0.279. The highest BCUT2D eigenvalue weighted by Crippen LogP contribution is 2.22. The van der Waals surface area contributed by atoms with Gasteiger partial charge in [-0.3, -0.25) is 28.5 Å². The lowest BCUT2D eigenvalue weighted by atomic mass is 10.0. The van der Waals surface area contributed by atoms with Crippen LogP contribution in [0.3, 0.4) is 0 Å². The molecule has 2 atom stereocenters. The van der Waals surface area contributed by atoms with Gasteiger partial charge in [-0.2, -0.15) is 4.98 Å². The Labute approximate surface area is 277 Å². The van der Waals surface area contributed by atoms with E-state index < -0.39 is 53.8 Å². The van der Waals surface area contributed by atoms with Gasteiger partial charge in [-0.15, -0.1) is 0 Å². The number of nitrogens with one attached hydrogen (secondary N) is 1. The van der Waals surface area contributed by atoms with Crippen LogP contribution >= 0.6 is 0 Å². The summed E-state index contributed by atoms with van der Waals surface area (Å²) in [5, 5.41) is 6.64. The molecule has 1 aromatic heterocycles. The molecule has 256 valence electrons. The molecular formula is C33H39N5O10. The van der Waals surface area contributed by atoms with Gasteiger partial charge >= 0.3 is 18.0 Å². The van der Waals surface area contributed by atoms with Crippen molar-refractivity contribution in [3.63, 3.8) is 0 Å². The van der Waals surface area contributed by atoms with E-state index in [4.69, 9.17) is 23.5 Å². The first kappa shape index (κ1) is 35.4. The lowest BCUT2D eigenvalue weighted by Gasteiger charge is -2.41. The lowest BCUT2D eigenvalue weighted by Crippen LogP contribution is -2.63. The normalized spacial score (nSPS) is 15.4. The van der Waals surface area contributed by atoms with Crippen LogP contribution in [0.4, 0.5) is 0 Å². The van der Waals surface area contributed by atoms with Gasteiger partial charge in [0.25, 0.3) is 5.91 Å². The van der Waals surface area contributed by atoms with Crippen LogP contribution in [0.1, 0.15) is 43.1 Å². The number of aromatic nitrogens is 2. The van der Waals surface area contributed by atoms with Gasteiger partial charge in [0.05, 0.1) is 27.8 Å². The van der Waals surface area contributed by atoms with E-state index in [1.54, 1.807) is 69.3 Å². The topological polar surface area (TPSA) is 180 Å². The third-order valence-electron chi connectivity index (χ3n) is 7.38. The number of piperazine rings is 1. The second-order valence-corrected chi connectivity index (χ2v) is 11.9. The molecule has 1 aliphatic heterocycles. The van der Waals surface area contributed by atoms with E-state index in [-0.39, 0.29) is 43.5 Å². The van der Waals surface area contributed by atoms with Gasteiger partial charge in [-0.25, -0.2) is 0 Å². The van der Waals surface area contributed by atoms with Crippen LogP contribution in [0, 0.1) is 0 Å². The van der Waals surface area contributed by atoms with Crippen molar-refractivity contribution in [2.45, 2.75) is 51.3 Å². The summed E-state index contributed by atoms with van der Waals surface area (Å²) in [7, 11) is 4.10. The van der Waals surface area contributed by atoms with Gasteiger partial charge in [-0.05, 0) is 50.6 Å². The molecular weight excluding hydrogens is 626 g/mol. The van der Waals surface area contributed by atoms with Crippen molar-refractivity contribution in [2.24, 2.45) is 0 Å². The summed E-state index contributed by atoms with van der Waals surface area (Å²) >= 11 is 0. The SMILES string of the molecule is COC(=O)C[C@H]1C(=O)N(CC(=O)OC(C)(C)C)CCN1C(=O)[C@H](Cc1ccc(OC)cc1)NC(=O)c1ccc(-c2noc(OC)n2)cc1. The van der Waals surface area contributed by atoms with Crippen molar-refractivity contribution in [1.29, 1.82) is 0 Å². The van der Waals surface area contributed by atoms with Crippen molar-refractivity contribution in [3.05, 3.63) is 59.7 Å². The van der Waals surface area contributed by atoms with Gasteiger partial charge in [-0.1, -0.05) is 29.4 Å². The van der Waals surface area contributed by atoms with E-state index >= 15 is 0 Å². The number of methoxy groups -OCH3 is 3. The Kier molecular flexibility index (Phi) is 11.4. The Bertz CT molecular complexity index is 1610. The van der Waals surface area contributed by atoms with Crippen molar-refractivity contribution in [3.8, 4) is 23.2 Å². The van der Waals surface area contributed by atoms with E-state index in [2.05, 4.69) is 15.5 Å². The van der Waals surface area contributed by atoms with E-state index in [1.165, 1.54) is 31.1 Å². The number of carbonyl (C=O) groups excluding carboxylic acids is 5. The molecule has 15 nitrogen and oxygen atoms in total. The Hall–Kier alpha value is -5.47. The molecule has 0 unspecified atom stereocenters. The monoisotopic (exact) mass is 665 g/mol. The zero-order valence-electron chi connectivity index (χ0n) is 27.7. The maximum atomic E-state index is 14.2. The summed E-state index contributed by atoms with van der Waals surface area (Å²) in [6.45, 7) is 4.77. The van der Waals surface area contributed by atoms with Crippen LogP contribution in [-0.2, 0) is 35.1 Å². The maximum Gasteiger partial charge on any atom is 0.417 e. The Balaban J connectivity index is 1.59. The predicted octanol–water partition coefficient (Wildman–Crippen LogP) is 2.04. The number of hydrogen-bond donors (Lipinski definition) is 1. The second kappa shape index (κ2) is 15.4. The largest absolute Gasteiger partial charge is 0.497 e. The summed E-state index contributed by atoms with van der Waals surface area (Å²) in [5.41, 5.74) is 0.746. The van der Waals surface area contributed by atoms with Crippen LogP contribution < -0.4 is 14.8 Å². The first-order valence-electron chi connectivity index (χ1n) is 15.1. The van der Waals surface area contributed by atoms with Crippen molar-refractivity contribution >= 4 is 29.7 Å². The minimum absolute atomic E-state index is 0.00697. The molecule has 1 saturated heterocycles. The molecule has 0 radical (unpaired) electrons. The number of amides is 3. The highest BCUT2D eigenvalue weighted by Gasteiger charge is 2.42. The average Bonchev–Trinajstić information content (AvgIpc) is 3.55. The fourth-order valence-corrected chi connectivity index (χ4v) is 5.05. The molecule has 1 N–H and O–H groups in total. The van der Waals surface area contributed by atoms with Gasteiger partial charge in [0.15, 0.2) is 0 Å². The predicted molar refractivity (Wildman–Crippen MR) is 169 cm³/mol. The summed E-state index contributed by atoms with van der Waals surface area (Å²) < 4.78 is 25.3. The van der Waals surface area contributed by atoms with Crippen LogP contribution in [0.2, 0.25) is 0 Å². The molecule has 1 fully saturated rings. The minimum Gasteiger partial charge on any atom is -0.497 e. The molecule has 3 amide bonds. The number of esters is 2. The standard InChI is InChI=1S/C33H39N5O10/c1-33(2,3)47-27(40)19-37-15-16-38(25(31(37)43)18-26(39)45-5)30(42)24(17-20-7-13-23(44-4)14-8-20)34-29(41)22-11-9-21(10-12-22)28-35-32(46-6)48-36-28/h7-14,24-25H,15-19H2,1-6H3,(H,34,41)/t24-,25-/m0/s1. The molecule has 15 heteroatoms. The van der Waals surface area contributed by atoms with Gasteiger partial charge in [0.2, 0.25) is 17.6 Å². The Morgan fingerprint density at radius 1 is 0.958 bits per heavy atom. The van der Waals surface area contributed by atoms with Crippen LogP contribution in [0.5, 0.6) is 11.8 Å². The lowest BCUT2D eigenvalue weighted by molar-refractivity contribution is -0.164.